The lowest BCUT2D eigenvalue weighted by Crippen LogP contribution is -2.33. The van der Waals surface area contributed by atoms with Crippen molar-refractivity contribution in [1.29, 1.82) is 0 Å². The first-order valence-electron chi connectivity index (χ1n) is 7.41. The van der Waals surface area contributed by atoms with Crippen molar-refractivity contribution in [3.8, 4) is 0 Å². The number of hydrogen-bond donors (Lipinski definition) is 2. The molecule has 128 valence electrons. The molecule has 0 heterocycles. The molecule has 0 saturated heterocycles. The first kappa shape index (κ1) is 18.0. The van der Waals surface area contributed by atoms with E-state index in [0.717, 1.165) is 11.8 Å². The zero-order valence-corrected chi connectivity index (χ0v) is 14.2. The van der Waals surface area contributed by atoms with E-state index in [1.54, 1.807) is 18.2 Å². The number of aliphatic hydroxyl groups is 1. The van der Waals surface area contributed by atoms with Crippen molar-refractivity contribution in [2.45, 2.75) is 6.54 Å². The molecular weight excluding hydrogens is 328 g/mol. The molecule has 6 nitrogen and oxygen atoms in total. The number of hydrogen-bond acceptors (Lipinski definition) is 4. The first-order valence-corrected chi connectivity index (χ1v) is 9.31. The molecule has 0 aromatic heterocycles. The van der Waals surface area contributed by atoms with Crippen LogP contribution in [0.25, 0.3) is 0 Å². The summed E-state index contributed by atoms with van der Waals surface area (Å²) >= 11 is 0. The second kappa shape index (κ2) is 7.94. The van der Waals surface area contributed by atoms with Gasteiger partial charge < -0.3 is 10.0 Å². The Balaban J connectivity index is 2.30. The third-order valence-electron chi connectivity index (χ3n) is 3.33. The molecule has 0 aliphatic rings. The van der Waals surface area contributed by atoms with Gasteiger partial charge in [-0.2, -0.15) is 0 Å². The third kappa shape index (κ3) is 5.07. The summed E-state index contributed by atoms with van der Waals surface area (Å²) in [6.45, 7) is 0.300. The highest BCUT2D eigenvalue weighted by atomic mass is 32.2. The maximum Gasteiger partial charge on any atom is 0.256 e. The number of para-hydroxylation sites is 1. The predicted molar refractivity (Wildman–Crippen MR) is 93.2 cm³/mol. The van der Waals surface area contributed by atoms with Crippen molar-refractivity contribution in [1.82, 2.24) is 4.90 Å². The van der Waals surface area contributed by atoms with Crippen LogP contribution < -0.4 is 4.72 Å². The molecule has 7 heteroatoms. The third-order valence-corrected chi connectivity index (χ3v) is 3.92. The molecule has 0 fully saturated rings. The van der Waals surface area contributed by atoms with Crippen molar-refractivity contribution in [2.75, 3.05) is 24.1 Å². The smallest absolute Gasteiger partial charge is 0.256 e. The van der Waals surface area contributed by atoms with Crippen molar-refractivity contribution in [3.63, 3.8) is 0 Å². The quantitative estimate of drug-likeness (QED) is 0.797. The Morgan fingerprint density at radius 1 is 1.08 bits per heavy atom. The van der Waals surface area contributed by atoms with Crippen LogP contribution in [0.5, 0.6) is 0 Å². The number of amides is 1. The highest BCUT2D eigenvalue weighted by Gasteiger charge is 2.20. The van der Waals surface area contributed by atoms with Crippen molar-refractivity contribution >= 4 is 21.6 Å². The molecule has 0 radical (unpaired) electrons. The summed E-state index contributed by atoms with van der Waals surface area (Å²) in [5.74, 6) is -0.348. The van der Waals surface area contributed by atoms with Gasteiger partial charge >= 0.3 is 0 Å². The zero-order valence-electron chi connectivity index (χ0n) is 13.3. The molecule has 0 saturated carbocycles. The first-order chi connectivity index (χ1) is 11.4. The van der Waals surface area contributed by atoms with Crippen molar-refractivity contribution in [2.24, 2.45) is 0 Å². The largest absolute Gasteiger partial charge is 0.395 e. The fourth-order valence-electron chi connectivity index (χ4n) is 2.31. The average molecular weight is 348 g/mol. The minimum Gasteiger partial charge on any atom is -0.395 e. The van der Waals surface area contributed by atoms with Crippen molar-refractivity contribution in [3.05, 3.63) is 65.7 Å². The van der Waals surface area contributed by atoms with E-state index in [-0.39, 0.29) is 30.3 Å². The molecule has 2 aromatic rings. The van der Waals surface area contributed by atoms with Crippen molar-refractivity contribution < 1.29 is 18.3 Å². The van der Waals surface area contributed by atoms with Gasteiger partial charge in [0, 0.05) is 13.1 Å². The number of aliphatic hydroxyl groups excluding tert-OH is 1. The fourth-order valence-corrected chi connectivity index (χ4v) is 2.88. The summed E-state index contributed by atoms with van der Waals surface area (Å²) in [7, 11) is -3.50. The van der Waals surface area contributed by atoms with Gasteiger partial charge in [-0.25, -0.2) is 8.42 Å². The van der Waals surface area contributed by atoms with Crippen LogP contribution in [-0.2, 0) is 16.6 Å². The molecule has 0 atom stereocenters. The minimum atomic E-state index is -3.50. The maximum atomic E-state index is 12.8. The van der Waals surface area contributed by atoms with E-state index in [2.05, 4.69) is 4.72 Å². The SMILES string of the molecule is CS(=O)(=O)Nc1ccccc1C(=O)N(CCO)Cc1ccccc1. The van der Waals surface area contributed by atoms with Gasteiger partial charge in [0.05, 0.1) is 24.1 Å². The summed E-state index contributed by atoms with van der Waals surface area (Å²) in [6.07, 6.45) is 1.03. The second-order valence-corrected chi connectivity index (χ2v) is 7.10. The highest BCUT2D eigenvalue weighted by molar-refractivity contribution is 7.92. The second-order valence-electron chi connectivity index (χ2n) is 5.36. The molecule has 0 aliphatic carbocycles. The van der Waals surface area contributed by atoms with Crippen LogP contribution in [0.2, 0.25) is 0 Å². The number of carbonyl (C=O) groups excluding carboxylic acids is 1. The lowest BCUT2D eigenvalue weighted by molar-refractivity contribution is 0.0709. The molecule has 24 heavy (non-hydrogen) atoms. The number of sulfonamides is 1. The zero-order chi connectivity index (χ0) is 17.6. The summed E-state index contributed by atoms with van der Waals surface area (Å²) in [4.78, 5) is 14.3. The minimum absolute atomic E-state index is 0.154. The van der Waals surface area contributed by atoms with E-state index in [4.69, 9.17) is 0 Å². The lowest BCUT2D eigenvalue weighted by atomic mass is 10.1. The Morgan fingerprint density at radius 2 is 1.71 bits per heavy atom. The van der Waals surface area contributed by atoms with Gasteiger partial charge in [0.25, 0.3) is 5.91 Å². The van der Waals surface area contributed by atoms with E-state index < -0.39 is 10.0 Å². The maximum absolute atomic E-state index is 12.8. The van der Waals surface area contributed by atoms with E-state index in [9.17, 15) is 18.3 Å². The van der Waals surface area contributed by atoms with E-state index in [1.807, 2.05) is 30.3 Å². The molecule has 0 bridgehead atoms. The van der Waals surface area contributed by atoms with Gasteiger partial charge in [0.2, 0.25) is 10.0 Å². The Kier molecular flexibility index (Phi) is 5.94. The van der Waals surface area contributed by atoms with E-state index >= 15 is 0 Å². The Hall–Kier alpha value is -2.38. The van der Waals surface area contributed by atoms with Gasteiger partial charge in [0.1, 0.15) is 0 Å². The average Bonchev–Trinajstić information content (AvgIpc) is 2.54. The van der Waals surface area contributed by atoms with Crippen LogP contribution in [0.4, 0.5) is 5.69 Å². The lowest BCUT2D eigenvalue weighted by Gasteiger charge is -2.23. The monoisotopic (exact) mass is 348 g/mol. The Morgan fingerprint density at radius 3 is 2.33 bits per heavy atom. The van der Waals surface area contributed by atoms with Crippen LogP contribution in [0.15, 0.2) is 54.6 Å². The number of carbonyl (C=O) groups is 1. The topological polar surface area (TPSA) is 86.7 Å². The summed E-state index contributed by atoms with van der Waals surface area (Å²) in [5, 5.41) is 9.26. The molecule has 0 spiro atoms. The standard InChI is InChI=1S/C17H20N2O4S/c1-24(22,23)18-16-10-6-5-9-15(16)17(21)19(11-12-20)13-14-7-3-2-4-8-14/h2-10,18,20H,11-13H2,1H3. The highest BCUT2D eigenvalue weighted by Crippen LogP contribution is 2.19. The van der Waals surface area contributed by atoms with Gasteiger partial charge in [0.15, 0.2) is 0 Å². The number of rotatable bonds is 7. The Bertz CT molecular complexity index is 791. The predicted octanol–water partition coefficient (Wildman–Crippen LogP) is 1.69. The molecule has 2 N–H and O–H groups in total. The molecule has 0 aliphatic heterocycles. The Labute approximate surface area is 141 Å². The van der Waals surface area contributed by atoms with Crippen LogP contribution in [-0.4, -0.2) is 43.7 Å². The van der Waals surface area contributed by atoms with E-state index in [1.165, 1.54) is 11.0 Å². The molecular formula is C17H20N2O4S. The number of nitrogens with one attached hydrogen (secondary N) is 1. The number of benzene rings is 2. The van der Waals surface area contributed by atoms with Crippen LogP contribution in [0.1, 0.15) is 15.9 Å². The molecule has 2 rings (SSSR count). The molecule has 1 amide bonds. The summed E-state index contributed by atoms with van der Waals surface area (Å²) < 4.78 is 25.3. The fraction of sp³-hybridized carbons (Fsp3) is 0.235. The van der Waals surface area contributed by atoms with Crippen LogP contribution >= 0.6 is 0 Å². The van der Waals surface area contributed by atoms with Gasteiger partial charge in [-0.15, -0.1) is 0 Å². The molecule has 0 unspecified atom stereocenters. The number of anilines is 1. The normalized spacial score (nSPS) is 11.1. The van der Waals surface area contributed by atoms with E-state index in [0.29, 0.717) is 6.54 Å². The summed E-state index contributed by atoms with van der Waals surface area (Å²) in [5.41, 5.74) is 1.39. The van der Waals surface area contributed by atoms with Gasteiger partial charge in [-0.1, -0.05) is 42.5 Å². The molecule has 2 aromatic carbocycles. The summed E-state index contributed by atoms with van der Waals surface area (Å²) in [6, 6.07) is 15.8. The van der Waals surface area contributed by atoms with Gasteiger partial charge in [-0.3, -0.25) is 9.52 Å². The van der Waals surface area contributed by atoms with Crippen LogP contribution in [0, 0.1) is 0 Å². The van der Waals surface area contributed by atoms with Gasteiger partial charge in [-0.05, 0) is 17.7 Å². The van der Waals surface area contributed by atoms with Crippen LogP contribution in [0.3, 0.4) is 0 Å². The number of nitrogens with zero attached hydrogens (tertiary/aromatic N) is 1.